The van der Waals surface area contributed by atoms with Crippen LogP contribution in [0.3, 0.4) is 0 Å². The quantitative estimate of drug-likeness (QED) is 0.709. The summed E-state index contributed by atoms with van der Waals surface area (Å²) in [5.74, 6) is -1.07. The topological polar surface area (TPSA) is 61.1 Å². The third-order valence-electron chi connectivity index (χ3n) is 1.28. The summed E-state index contributed by atoms with van der Waals surface area (Å²) in [4.78, 5) is 10.4. The van der Waals surface area contributed by atoms with Gasteiger partial charge in [-0.05, 0) is 12.1 Å². The van der Waals surface area contributed by atoms with Crippen molar-refractivity contribution >= 4 is 25.8 Å². The second-order valence-corrected chi connectivity index (χ2v) is 1.96. The molecule has 3 nitrogen and oxygen atoms in total. The fourth-order valence-electron chi connectivity index (χ4n) is 0.767. The maximum absolute atomic E-state index is 10.4. The number of hydrogen-bond acceptors (Lipinski definition) is 2. The predicted octanol–water partition coefficient (Wildman–Crippen LogP) is 0.876. The van der Waals surface area contributed by atoms with Gasteiger partial charge < -0.3 is 5.11 Å². The van der Waals surface area contributed by atoms with Crippen molar-refractivity contribution in [2.75, 3.05) is 0 Å². The summed E-state index contributed by atoms with van der Waals surface area (Å²) in [5.41, 5.74) is 0.245. The number of nitrogens with zero attached hydrogens (tertiary/aromatic N) is 1. The van der Waals surface area contributed by atoms with Crippen LogP contribution in [0.4, 0.5) is 0 Å². The number of benzene rings is 1. The van der Waals surface area contributed by atoms with Gasteiger partial charge in [-0.1, -0.05) is 12.1 Å². The van der Waals surface area contributed by atoms with Crippen molar-refractivity contribution in [3.05, 3.63) is 35.4 Å². The molecular weight excluding hydrogens is 212 g/mol. The molecule has 12 heavy (non-hydrogen) atoms. The SMILES string of the molecule is N#Cc1ccccc1C(=O)O.[Ga]. The third kappa shape index (κ3) is 2.15. The molecule has 0 saturated carbocycles. The van der Waals surface area contributed by atoms with Crippen molar-refractivity contribution in [1.29, 1.82) is 5.26 Å². The van der Waals surface area contributed by atoms with Crippen molar-refractivity contribution in [3.8, 4) is 6.07 Å². The summed E-state index contributed by atoms with van der Waals surface area (Å²) >= 11 is 0. The Hall–Kier alpha value is -1.18. The fourth-order valence-corrected chi connectivity index (χ4v) is 0.767. The van der Waals surface area contributed by atoms with Gasteiger partial charge in [-0.2, -0.15) is 5.26 Å². The first-order chi connectivity index (χ1) is 5.25. The molecule has 0 heterocycles. The molecule has 0 aliphatic rings. The summed E-state index contributed by atoms with van der Waals surface area (Å²) < 4.78 is 0. The molecule has 0 spiro atoms. The number of carbonyl (C=O) groups is 1. The molecule has 0 aliphatic heterocycles. The summed E-state index contributed by atoms with van der Waals surface area (Å²) in [6, 6.07) is 7.89. The minimum Gasteiger partial charge on any atom is -0.478 e. The van der Waals surface area contributed by atoms with Crippen LogP contribution in [-0.2, 0) is 0 Å². The Morgan fingerprint density at radius 3 is 2.42 bits per heavy atom. The van der Waals surface area contributed by atoms with Crippen LogP contribution in [0.5, 0.6) is 0 Å². The Kier molecular flexibility index (Phi) is 4.19. The van der Waals surface area contributed by atoms with Gasteiger partial charge in [0.1, 0.15) is 6.07 Å². The number of hydrogen-bond donors (Lipinski definition) is 1. The number of nitriles is 1. The molecule has 1 rings (SSSR count). The van der Waals surface area contributed by atoms with Crippen LogP contribution in [0.25, 0.3) is 0 Å². The summed E-state index contributed by atoms with van der Waals surface area (Å²) in [5, 5.41) is 17.0. The first-order valence-corrected chi connectivity index (χ1v) is 2.98. The van der Waals surface area contributed by atoms with Crippen molar-refractivity contribution in [1.82, 2.24) is 0 Å². The van der Waals surface area contributed by atoms with Crippen LogP contribution >= 0.6 is 0 Å². The smallest absolute Gasteiger partial charge is 0.337 e. The van der Waals surface area contributed by atoms with E-state index in [1.807, 2.05) is 0 Å². The van der Waals surface area contributed by atoms with E-state index in [1.165, 1.54) is 12.1 Å². The second kappa shape index (κ2) is 4.65. The van der Waals surface area contributed by atoms with E-state index < -0.39 is 5.97 Å². The van der Waals surface area contributed by atoms with E-state index >= 15 is 0 Å². The fraction of sp³-hybridized carbons (Fsp3) is 0. The molecule has 0 saturated heterocycles. The van der Waals surface area contributed by atoms with E-state index in [4.69, 9.17) is 10.4 Å². The van der Waals surface area contributed by atoms with Gasteiger partial charge >= 0.3 is 5.97 Å². The van der Waals surface area contributed by atoms with Crippen LogP contribution < -0.4 is 0 Å². The molecule has 0 fully saturated rings. The van der Waals surface area contributed by atoms with Crippen LogP contribution in [0, 0.1) is 11.3 Å². The molecule has 3 radical (unpaired) electrons. The minimum absolute atomic E-state index is 0. The minimum atomic E-state index is -1.07. The van der Waals surface area contributed by atoms with Crippen LogP contribution in [0.1, 0.15) is 15.9 Å². The Morgan fingerprint density at radius 2 is 2.00 bits per heavy atom. The normalized spacial score (nSPS) is 7.92. The zero-order valence-electron chi connectivity index (χ0n) is 6.19. The second-order valence-electron chi connectivity index (χ2n) is 1.96. The molecule has 0 aliphatic carbocycles. The van der Waals surface area contributed by atoms with Crippen molar-refractivity contribution in [2.24, 2.45) is 0 Å². The molecule has 1 aromatic rings. The first kappa shape index (κ1) is 10.8. The van der Waals surface area contributed by atoms with Crippen molar-refractivity contribution < 1.29 is 9.90 Å². The molecule has 0 unspecified atom stereocenters. The summed E-state index contributed by atoms with van der Waals surface area (Å²) in [7, 11) is 0. The predicted molar refractivity (Wildman–Crippen MR) is 43.9 cm³/mol. The van der Waals surface area contributed by atoms with Crippen LogP contribution in [0.15, 0.2) is 24.3 Å². The van der Waals surface area contributed by atoms with Gasteiger partial charge in [0.05, 0.1) is 11.1 Å². The van der Waals surface area contributed by atoms with E-state index in [0.717, 1.165) is 0 Å². The van der Waals surface area contributed by atoms with E-state index in [9.17, 15) is 4.79 Å². The zero-order valence-corrected chi connectivity index (χ0v) is 8.61. The van der Waals surface area contributed by atoms with E-state index in [0.29, 0.717) is 0 Å². The van der Waals surface area contributed by atoms with Crippen molar-refractivity contribution in [3.63, 3.8) is 0 Å². The van der Waals surface area contributed by atoms with Gasteiger partial charge in [0.2, 0.25) is 0 Å². The van der Waals surface area contributed by atoms with Gasteiger partial charge in [0.25, 0.3) is 0 Å². The van der Waals surface area contributed by atoms with Gasteiger partial charge in [0.15, 0.2) is 0 Å². The van der Waals surface area contributed by atoms with Gasteiger partial charge in [-0.25, -0.2) is 4.79 Å². The summed E-state index contributed by atoms with van der Waals surface area (Å²) in [6.45, 7) is 0. The molecule has 57 valence electrons. The number of carboxylic acid groups (broad SMARTS) is 1. The number of carboxylic acids is 1. The zero-order chi connectivity index (χ0) is 8.27. The molecular formula is C8H5GaNO2. The maximum atomic E-state index is 10.4. The Bertz CT molecular complexity index is 330. The van der Waals surface area contributed by atoms with E-state index in [1.54, 1.807) is 18.2 Å². The molecule has 0 aromatic heterocycles. The number of aromatic carboxylic acids is 1. The summed E-state index contributed by atoms with van der Waals surface area (Å²) in [6.07, 6.45) is 0. The van der Waals surface area contributed by atoms with Crippen molar-refractivity contribution in [2.45, 2.75) is 0 Å². The van der Waals surface area contributed by atoms with Gasteiger partial charge in [-0.3, -0.25) is 0 Å². The monoisotopic (exact) mass is 216 g/mol. The number of rotatable bonds is 1. The Morgan fingerprint density at radius 1 is 1.42 bits per heavy atom. The molecule has 4 heteroatoms. The molecule has 0 amide bonds. The van der Waals surface area contributed by atoms with E-state index in [-0.39, 0.29) is 30.9 Å². The van der Waals surface area contributed by atoms with Crippen LogP contribution in [-0.4, -0.2) is 30.9 Å². The Labute approximate surface area is 82.7 Å². The van der Waals surface area contributed by atoms with Gasteiger partial charge in [0, 0.05) is 19.8 Å². The average Bonchev–Trinajstić information content (AvgIpc) is 2.04. The molecule has 0 bridgehead atoms. The third-order valence-corrected chi connectivity index (χ3v) is 1.28. The van der Waals surface area contributed by atoms with Crippen LogP contribution in [0.2, 0.25) is 0 Å². The first-order valence-electron chi connectivity index (χ1n) is 2.98. The maximum Gasteiger partial charge on any atom is 0.337 e. The average molecular weight is 217 g/mol. The molecule has 0 atom stereocenters. The largest absolute Gasteiger partial charge is 0.478 e. The molecule has 1 N–H and O–H groups in total. The standard InChI is InChI=1S/C8H5NO2.Ga/c9-5-6-3-1-2-4-7(6)8(10)11;/h1-4H,(H,10,11);. The van der Waals surface area contributed by atoms with Gasteiger partial charge in [-0.15, -0.1) is 0 Å². The Balaban J connectivity index is 0.00000121. The molecule has 1 aromatic carbocycles. The van der Waals surface area contributed by atoms with E-state index in [2.05, 4.69) is 0 Å².